The predicted molar refractivity (Wildman–Crippen MR) is 80.4 cm³/mol. The van der Waals surface area contributed by atoms with E-state index >= 15 is 0 Å². The van der Waals surface area contributed by atoms with Crippen molar-refractivity contribution in [2.45, 2.75) is 26.2 Å². The van der Waals surface area contributed by atoms with Gasteiger partial charge in [0.25, 0.3) is 0 Å². The number of hydrogen-bond acceptors (Lipinski definition) is 5. The molecular weight excluding hydrogens is 278 g/mol. The monoisotopic (exact) mass is 301 g/mol. The summed E-state index contributed by atoms with van der Waals surface area (Å²) < 4.78 is 13.7. The van der Waals surface area contributed by atoms with Gasteiger partial charge in [0.1, 0.15) is 0 Å². The predicted octanol–water partition coefficient (Wildman–Crippen LogP) is 1.52. The Morgan fingerprint density at radius 3 is 1.53 bits per heavy atom. The number of carbonyl (C=O) groups is 2. The number of esters is 2. The van der Waals surface area contributed by atoms with Gasteiger partial charge in [0.15, 0.2) is 16.5 Å². The molecule has 7 heteroatoms. The highest BCUT2D eigenvalue weighted by Gasteiger charge is 2.33. The summed E-state index contributed by atoms with van der Waals surface area (Å²) in [5.74, 6) is -0.833. The standard InChI is InChI=1S/C12H23NO4Si2/c1-7-11(14)16-9-18(3,4)13-19(5,6)10-17-12(15)8-2/h7-8,13H,1-2,9-10H2,3-6H3. The Morgan fingerprint density at radius 2 is 1.26 bits per heavy atom. The van der Waals surface area contributed by atoms with E-state index in [1.165, 1.54) is 0 Å². The van der Waals surface area contributed by atoms with E-state index in [1.807, 2.05) is 0 Å². The Kier molecular flexibility index (Phi) is 6.95. The molecule has 0 fully saturated rings. The van der Waals surface area contributed by atoms with Crippen LogP contribution < -0.4 is 4.65 Å². The van der Waals surface area contributed by atoms with E-state index < -0.39 is 28.4 Å². The number of ether oxygens (including phenoxy) is 2. The molecule has 108 valence electrons. The lowest BCUT2D eigenvalue weighted by atomic mass is 10.7. The van der Waals surface area contributed by atoms with Crippen LogP contribution in [0.4, 0.5) is 0 Å². The van der Waals surface area contributed by atoms with Crippen molar-refractivity contribution in [2.75, 3.05) is 12.5 Å². The van der Waals surface area contributed by atoms with Gasteiger partial charge >= 0.3 is 11.9 Å². The molecule has 19 heavy (non-hydrogen) atoms. The van der Waals surface area contributed by atoms with Crippen LogP contribution in [0, 0.1) is 0 Å². The minimum Gasteiger partial charge on any atom is -0.465 e. The zero-order chi connectivity index (χ0) is 15.1. The molecule has 0 amide bonds. The molecule has 0 rings (SSSR count). The van der Waals surface area contributed by atoms with Crippen LogP contribution in [-0.2, 0) is 19.1 Å². The van der Waals surface area contributed by atoms with Crippen LogP contribution in [0.3, 0.4) is 0 Å². The molecule has 0 unspecified atom stereocenters. The first-order valence-corrected chi connectivity index (χ1v) is 12.4. The van der Waals surface area contributed by atoms with E-state index in [2.05, 4.69) is 44.0 Å². The van der Waals surface area contributed by atoms with E-state index in [4.69, 9.17) is 9.47 Å². The summed E-state index contributed by atoms with van der Waals surface area (Å²) >= 11 is 0. The minimum atomic E-state index is -1.90. The van der Waals surface area contributed by atoms with Crippen molar-refractivity contribution in [1.82, 2.24) is 4.65 Å². The molecule has 0 radical (unpaired) electrons. The van der Waals surface area contributed by atoms with Gasteiger partial charge in [0.2, 0.25) is 0 Å². The number of rotatable bonds is 8. The first-order valence-electron chi connectivity index (χ1n) is 5.99. The second kappa shape index (κ2) is 7.41. The molecule has 0 aromatic carbocycles. The number of hydrogen-bond donors (Lipinski definition) is 1. The van der Waals surface area contributed by atoms with Gasteiger partial charge in [-0.1, -0.05) is 39.3 Å². The van der Waals surface area contributed by atoms with Crippen molar-refractivity contribution >= 4 is 28.4 Å². The molecule has 0 spiro atoms. The lowest BCUT2D eigenvalue weighted by Crippen LogP contribution is -2.64. The first kappa shape index (κ1) is 17.8. The molecule has 0 saturated carbocycles. The van der Waals surface area contributed by atoms with Crippen molar-refractivity contribution in [3.63, 3.8) is 0 Å². The van der Waals surface area contributed by atoms with Gasteiger partial charge in [-0.05, 0) is 0 Å². The fraction of sp³-hybridized carbons (Fsp3) is 0.500. The van der Waals surface area contributed by atoms with E-state index in [0.717, 1.165) is 12.2 Å². The lowest BCUT2D eigenvalue weighted by Gasteiger charge is -2.33. The maximum atomic E-state index is 11.1. The van der Waals surface area contributed by atoms with Crippen LogP contribution >= 0.6 is 0 Å². The van der Waals surface area contributed by atoms with E-state index in [9.17, 15) is 9.59 Å². The molecular formula is C12H23NO4Si2. The third kappa shape index (κ3) is 8.52. The largest absolute Gasteiger partial charge is 0.465 e. The molecule has 0 aliphatic heterocycles. The van der Waals surface area contributed by atoms with Gasteiger partial charge in [0, 0.05) is 12.2 Å². The smallest absolute Gasteiger partial charge is 0.329 e. The summed E-state index contributed by atoms with van der Waals surface area (Å²) in [6, 6.07) is 0. The van der Waals surface area contributed by atoms with Crippen molar-refractivity contribution in [3.8, 4) is 0 Å². The summed E-state index contributed by atoms with van der Waals surface area (Å²) in [7, 11) is -3.79. The second-order valence-corrected chi connectivity index (χ2v) is 14.6. The van der Waals surface area contributed by atoms with Crippen molar-refractivity contribution < 1.29 is 19.1 Å². The second-order valence-electron chi connectivity index (χ2n) is 5.52. The fourth-order valence-electron chi connectivity index (χ4n) is 1.61. The SMILES string of the molecule is C=CC(=O)OC[Si](C)(C)N[Si](C)(C)COC(=O)C=C. The Labute approximate surface area is 116 Å². The average molecular weight is 301 g/mol. The van der Waals surface area contributed by atoms with Crippen molar-refractivity contribution in [1.29, 1.82) is 0 Å². The lowest BCUT2D eigenvalue weighted by molar-refractivity contribution is -0.136. The van der Waals surface area contributed by atoms with Crippen molar-refractivity contribution in [3.05, 3.63) is 25.3 Å². The van der Waals surface area contributed by atoms with Gasteiger partial charge in [-0.3, -0.25) is 0 Å². The topological polar surface area (TPSA) is 64.6 Å². The Hall–Kier alpha value is -1.19. The molecule has 0 bridgehead atoms. The van der Waals surface area contributed by atoms with Crippen LogP contribution in [0.15, 0.2) is 25.3 Å². The van der Waals surface area contributed by atoms with E-state index in [0.29, 0.717) is 12.5 Å². The molecule has 0 heterocycles. The van der Waals surface area contributed by atoms with Crippen LogP contribution in [0.2, 0.25) is 26.2 Å². The van der Waals surface area contributed by atoms with Gasteiger partial charge in [0.05, 0.1) is 12.5 Å². The Bertz CT molecular complexity index is 333. The van der Waals surface area contributed by atoms with E-state index in [-0.39, 0.29) is 0 Å². The zero-order valence-corrected chi connectivity index (χ0v) is 14.1. The molecule has 0 aromatic rings. The third-order valence-electron chi connectivity index (χ3n) is 2.16. The van der Waals surface area contributed by atoms with Crippen LogP contribution in [0.25, 0.3) is 0 Å². The van der Waals surface area contributed by atoms with Crippen LogP contribution in [-0.4, -0.2) is 40.9 Å². The summed E-state index contributed by atoms with van der Waals surface area (Å²) in [5.41, 5.74) is 0. The molecule has 0 aliphatic carbocycles. The number of carbonyl (C=O) groups excluding carboxylic acids is 2. The highest BCUT2D eigenvalue weighted by molar-refractivity contribution is 6.91. The summed E-state index contributed by atoms with van der Waals surface area (Å²) in [4.78, 5) is 22.1. The zero-order valence-electron chi connectivity index (χ0n) is 12.1. The summed E-state index contributed by atoms with van der Waals surface area (Å²) in [5, 5.41) is 0. The maximum absolute atomic E-state index is 11.1. The Balaban J connectivity index is 4.36. The highest BCUT2D eigenvalue weighted by Crippen LogP contribution is 2.07. The summed E-state index contributed by atoms with van der Waals surface area (Å²) in [6.07, 6.45) is 3.03. The molecule has 0 atom stereocenters. The molecule has 5 nitrogen and oxygen atoms in total. The van der Waals surface area contributed by atoms with Gasteiger partial charge in [-0.15, -0.1) is 0 Å². The van der Waals surface area contributed by atoms with Gasteiger partial charge < -0.3 is 14.1 Å². The Morgan fingerprint density at radius 1 is 0.947 bits per heavy atom. The minimum absolute atomic E-state index is 0.365. The molecule has 0 saturated heterocycles. The van der Waals surface area contributed by atoms with Crippen molar-refractivity contribution in [2.24, 2.45) is 0 Å². The quantitative estimate of drug-likeness (QED) is 0.418. The fourth-order valence-corrected chi connectivity index (χ4v) is 10.5. The van der Waals surface area contributed by atoms with Crippen LogP contribution in [0.5, 0.6) is 0 Å². The maximum Gasteiger partial charge on any atom is 0.329 e. The van der Waals surface area contributed by atoms with Gasteiger partial charge in [-0.2, -0.15) is 0 Å². The normalized spacial score (nSPS) is 11.6. The van der Waals surface area contributed by atoms with Crippen LogP contribution in [0.1, 0.15) is 0 Å². The average Bonchev–Trinajstić information content (AvgIpc) is 2.31. The van der Waals surface area contributed by atoms with Gasteiger partial charge in [-0.25, -0.2) is 9.59 Å². The van der Waals surface area contributed by atoms with E-state index in [1.54, 1.807) is 0 Å². The third-order valence-corrected chi connectivity index (χ3v) is 9.31. The molecule has 1 N–H and O–H groups in total. The summed E-state index contributed by atoms with van der Waals surface area (Å²) in [6.45, 7) is 15.0. The molecule has 0 aromatic heterocycles. The highest BCUT2D eigenvalue weighted by atomic mass is 28.4. The molecule has 0 aliphatic rings. The first-order chi connectivity index (χ1) is 8.62. The number of nitrogens with one attached hydrogen (secondary N) is 1.